The highest BCUT2D eigenvalue weighted by Crippen LogP contribution is 2.31. The van der Waals surface area contributed by atoms with Gasteiger partial charge in [-0.1, -0.05) is 32.8 Å². The fraction of sp³-hybridized carbons (Fsp3) is 0.692. The summed E-state index contributed by atoms with van der Waals surface area (Å²) in [5.74, 6) is 1.80. The van der Waals surface area contributed by atoms with Gasteiger partial charge in [-0.3, -0.25) is 0 Å². The highest BCUT2D eigenvalue weighted by atomic mass is 15.1. The summed E-state index contributed by atoms with van der Waals surface area (Å²) < 4.78 is 0. The molecule has 0 radical (unpaired) electrons. The van der Waals surface area contributed by atoms with Crippen LogP contribution in [0.15, 0.2) is 25.2 Å². The fourth-order valence-corrected chi connectivity index (χ4v) is 2.43. The maximum atomic E-state index is 5.38. The number of rotatable bonds is 5. The number of hydrogen-bond donors (Lipinski definition) is 1. The molecule has 0 aromatic carbocycles. The van der Waals surface area contributed by atoms with Crippen molar-refractivity contribution < 1.29 is 0 Å². The molecule has 0 amide bonds. The molecule has 1 fully saturated rings. The molecule has 0 unspecified atom stereocenters. The van der Waals surface area contributed by atoms with E-state index in [4.69, 9.17) is 5.73 Å². The minimum atomic E-state index is 0.821. The average molecular weight is 208 g/mol. The third kappa shape index (κ3) is 3.98. The smallest absolute Gasteiger partial charge is 0.0248 e. The van der Waals surface area contributed by atoms with Crippen molar-refractivity contribution in [3.8, 4) is 0 Å². The molecule has 86 valence electrons. The molecule has 0 aromatic heterocycles. The van der Waals surface area contributed by atoms with Crippen LogP contribution in [0.4, 0.5) is 0 Å². The van der Waals surface area contributed by atoms with E-state index in [1.165, 1.54) is 32.1 Å². The molecule has 0 bridgehead atoms. The quantitative estimate of drug-likeness (QED) is 0.752. The molecular weight excluding hydrogens is 184 g/mol. The van der Waals surface area contributed by atoms with Gasteiger partial charge in [0, 0.05) is 18.9 Å². The summed E-state index contributed by atoms with van der Waals surface area (Å²) in [4.78, 5) is 2.09. The first-order valence-corrected chi connectivity index (χ1v) is 6.06. The summed E-state index contributed by atoms with van der Waals surface area (Å²) in [7, 11) is 0. The molecule has 2 heteroatoms. The zero-order valence-electron chi connectivity index (χ0n) is 9.86. The summed E-state index contributed by atoms with van der Waals surface area (Å²) in [5, 5.41) is 0. The Morgan fingerprint density at radius 3 is 2.33 bits per heavy atom. The van der Waals surface area contributed by atoms with E-state index in [0.29, 0.717) is 0 Å². The molecule has 0 atom stereocenters. The number of nitrogens with zero attached hydrogens (tertiary/aromatic N) is 1. The lowest BCUT2D eigenvalue weighted by molar-refractivity contribution is 0.238. The molecule has 15 heavy (non-hydrogen) atoms. The van der Waals surface area contributed by atoms with Crippen molar-refractivity contribution >= 4 is 0 Å². The fourth-order valence-electron chi connectivity index (χ4n) is 2.43. The Labute approximate surface area is 93.8 Å². The van der Waals surface area contributed by atoms with Crippen LogP contribution in [-0.2, 0) is 0 Å². The maximum absolute atomic E-state index is 5.38. The highest BCUT2D eigenvalue weighted by molar-refractivity contribution is 4.87. The Morgan fingerprint density at radius 2 is 1.87 bits per heavy atom. The van der Waals surface area contributed by atoms with E-state index >= 15 is 0 Å². The molecule has 1 aliphatic carbocycles. The van der Waals surface area contributed by atoms with Crippen LogP contribution >= 0.6 is 0 Å². The largest absolute Gasteiger partial charge is 0.403 e. The summed E-state index contributed by atoms with van der Waals surface area (Å²) in [6.45, 7) is 7.18. The Hall–Kier alpha value is -0.920. The van der Waals surface area contributed by atoms with Gasteiger partial charge in [0.1, 0.15) is 0 Å². The van der Waals surface area contributed by atoms with Gasteiger partial charge in [0.2, 0.25) is 0 Å². The second-order valence-electron chi connectivity index (χ2n) is 4.52. The maximum Gasteiger partial charge on any atom is 0.0248 e. The monoisotopic (exact) mass is 208 g/mol. The van der Waals surface area contributed by atoms with E-state index in [1.807, 2.05) is 12.4 Å². The molecular formula is C13H24N2. The minimum Gasteiger partial charge on any atom is -0.403 e. The van der Waals surface area contributed by atoms with Crippen molar-refractivity contribution in [2.75, 3.05) is 6.54 Å². The van der Waals surface area contributed by atoms with Crippen molar-refractivity contribution in [1.82, 2.24) is 4.90 Å². The first kappa shape index (κ1) is 12.2. The summed E-state index contributed by atoms with van der Waals surface area (Å²) in [5.41, 5.74) is 5.38. The lowest BCUT2D eigenvalue weighted by Crippen LogP contribution is -2.24. The zero-order valence-corrected chi connectivity index (χ0v) is 9.86. The van der Waals surface area contributed by atoms with E-state index in [9.17, 15) is 0 Å². The van der Waals surface area contributed by atoms with Gasteiger partial charge >= 0.3 is 0 Å². The molecule has 0 heterocycles. The Bertz CT molecular complexity index is 203. The van der Waals surface area contributed by atoms with Crippen LogP contribution in [0.25, 0.3) is 0 Å². The first-order chi connectivity index (χ1) is 7.30. The highest BCUT2D eigenvalue weighted by Gasteiger charge is 2.20. The van der Waals surface area contributed by atoms with Crippen LogP contribution < -0.4 is 5.73 Å². The summed E-state index contributed by atoms with van der Waals surface area (Å²) in [6, 6.07) is 0. The van der Waals surface area contributed by atoms with Gasteiger partial charge in [-0.25, -0.2) is 0 Å². The average Bonchev–Trinajstić information content (AvgIpc) is 2.29. The SMILES string of the molecule is C=CN(/C=C\N)CC1CCC(CC)CC1. The lowest BCUT2D eigenvalue weighted by Gasteiger charge is -2.30. The van der Waals surface area contributed by atoms with Crippen molar-refractivity contribution in [3.05, 3.63) is 25.2 Å². The number of nitrogens with two attached hydrogens (primary N) is 1. The standard InChI is InChI=1S/C13H24N2/c1-3-12-5-7-13(8-6-12)11-15(4-2)10-9-14/h4,9-10,12-13H,2-3,5-8,11,14H2,1H3/b10-9-. The second-order valence-corrected chi connectivity index (χ2v) is 4.52. The zero-order chi connectivity index (χ0) is 11.1. The van der Waals surface area contributed by atoms with Gasteiger partial charge in [-0.15, -0.1) is 0 Å². The molecule has 0 saturated heterocycles. The summed E-state index contributed by atoms with van der Waals surface area (Å²) >= 11 is 0. The third-order valence-corrected chi connectivity index (χ3v) is 3.52. The third-order valence-electron chi connectivity index (χ3n) is 3.52. The second kappa shape index (κ2) is 6.54. The van der Waals surface area contributed by atoms with Crippen molar-refractivity contribution in [3.63, 3.8) is 0 Å². The molecule has 1 aliphatic rings. The topological polar surface area (TPSA) is 29.3 Å². The molecule has 1 saturated carbocycles. The first-order valence-electron chi connectivity index (χ1n) is 6.06. The minimum absolute atomic E-state index is 0.821. The molecule has 1 rings (SSSR count). The Balaban J connectivity index is 2.30. The van der Waals surface area contributed by atoms with Crippen LogP contribution in [-0.4, -0.2) is 11.4 Å². The van der Waals surface area contributed by atoms with E-state index < -0.39 is 0 Å². The van der Waals surface area contributed by atoms with Crippen LogP contribution in [0, 0.1) is 11.8 Å². The van der Waals surface area contributed by atoms with Crippen LogP contribution in [0.1, 0.15) is 39.0 Å². The normalized spacial score (nSPS) is 26.7. The predicted molar refractivity (Wildman–Crippen MR) is 66.0 cm³/mol. The van der Waals surface area contributed by atoms with Gasteiger partial charge < -0.3 is 10.6 Å². The Kier molecular flexibility index (Phi) is 5.30. The summed E-state index contributed by atoms with van der Waals surface area (Å²) in [6.07, 6.45) is 12.2. The van der Waals surface area contributed by atoms with Gasteiger partial charge in [-0.05, 0) is 30.9 Å². The van der Waals surface area contributed by atoms with E-state index in [-0.39, 0.29) is 0 Å². The lowest BCUT2D eigenvalue weighted by atomic mass is 9.81. The van der Waals surface area contributed by atoms with Crippen LogP contribution in [0.3, 0.4) is 0 Å². The van der Waals surface area contributed by atoms with Crippen molar-refractivity contribution in [2.45, 2.75) is 39.0 Å². The van der Waals surface area contributed by atoms with Gasteiger partial charge in [0.05, 0.1) is 0 Å². The van der Waals surface area contributed by atoms with Gasteiger partial charge in [0.25, 0.3) is 0 Å². The van der Waals surface area contributed by atoms with Crippen LogP contribution in [0.2, 0.25) is 0 Å². The Morgan fingerprint density at radius 1 is 1.27 bits per heavy atom. The van der Waals surface area contributed by atoms with E-state index in [0.717, 1.165) is 18.4 Å². The number of hydrogen-bond acceptors (Lipinski definition) is 2. The van der Waals surface area contributed by atoms with Crippen molar-refractivity contribution in [2.24, 2.45) is 17.6 Å². The van der Waals surface area contributed by atoms with Gasteiger partial charge in [-0.2, -0.15) is 0 Å². The molecule has 0 aliphatic heterocycles. The van der Waals surface area contributed by atoms with Crippen molar-refractivity contribution in [1.29, 1.82) is 0 Å². The molecule has 2 N–H and O–H groups in total. The molecule has 2 nitrogen and oxygen atoms in total. The molecule has 0 spiro atoms. The van der Waals surface area contributed by atoms with Gasteiger partial charge in [0.15, 0.2) is 0 Å². The van der Waals surface area contributed by atoms with Crippen LogP contribution in [0.5, 0.6) is 0 Å². The predicted octanol–water partition coefficient (Wildman–Crippen LogP) is 3.08. The molecule has 0 aromatic rings. The van der Waals surface area contributed by atoms with E-state index in [2.05, 4.69) is 18.4 Å². The van der Waals surface area contributed by atoms with E-state index in [1.54, 1.807) is 6.20 Å².